The topological polar surface area (TPSA) is 91.3 Å². The molecule has 0 aliphatic carbocycles. The molecule has 9 heteroatoms. The van der Waals surface area contributed by atoms with Gasteiger partial charge >= 0.3 is 0 Å². The molecule has 0 saturated carbocycles. The normalized spacial score (nSPS) is 16.2. The van der Waals surface area contributed by atoms with Gasteiger partial charge in [0.05, 0.1) is 23.5 Å². The first-order valence-electron chi connectivity index (χ1n) is 12.9. The van der Waals surface area contributed by atoms with Gasteiger partial charge in [0.25, 0.3) is 5.91 Å². The number of benzene rings is 2. The zero-order valence-corrected chi connectivity index (χ0v) is 22.0. The fraction of sp³-hybridized carbons (Fsp3) is 0.393. The highest BCUT2D eigenvalue weighted by Crippen LogP contribution is 2.39. The molecule has 1 saturated heterocycles. The first kappa shape index (κ1) is 25.3. The van der Waals surface area contributed by atoms with E-state index in [1.807, 2.05) is 62.5 Å². The number of aromatic nitrogens is 2. The van der Waals surface area contributed by atoms with Crippen molar-refractivity contribution >= 4 is 40.6 Å². The van der Waals surface area contributed by atoms with Gasteiger partial charge in [-0.2, -0.15) is 5.10 Å². The van der Waals surface area contributed by atoms with Gasteiger partial charge in [-0.25, -0.2) is 0 Å². The van der Waals surface area contributed by atoms with Crippen LogP contribution in [0.25, 0.3) is 0 Å². The Bertz CT molecular complexity index is 1300. The number of carbonyl (C=O) groups excluding carboxylic acids is 2. The molecule has 1 aromatic heterocycles. The number of aryl methyl sites for hydroxylation is 2. The van der Waals surface area contributed by atoms with E-state index >= 15 is 0 Å². The molecule has 5 rings (SSSR count). The first-order chi connectivity index (χ1) is 17.9. The van der Waals surface area contributed by atoms with Crippen LogP contribution in [-0.4, -0.2) is 34.7 Å². The van der Waals surface area contributed by atoms with Gasteiger partial charge in [-0.15, -0.1) is 0 Å². The summed E-state index contributed by atoms with van der Waals surface area (Å²) in [5.74, 6) is 0.947. The fourth-order valence-corrected chi connectivity index (χ4v) is 5.51. The molecule has 0 spiro atoms. The van der Waals surface area contributed by atoms with Gasteiger partial charge < -0.3 is 20.9 Å². The summed E-state index contributed by atoms with van der Waals surface area (Å²) in [5, 5.41) is 14.5. The number of anilines is 3. The van der Waals surface area contributed by atoms with Crippen LogP contribution >= 0.6 is 11.6 Å². The van der Waals surface area contributed by atoms with Crippen molar-refractivity contribution in [2.75, 3.05) is 23.3 Å². The van der Waals surface area contributed by atoms with Crippen LogP contribution in [-0.2, 0) is 23.2 Å². The monoisotopic (exact) mass is 520 g/mol. The lowest BCUT2D eigenvalue weighted by atomic mass is 9.93. The average Bonchev–Trinajstić information content (AvgIpc) is 3.06. The van der Waals surface area contributed by atoms with Crippen LogP contribution in [0.2, 0.25) is 5.15 Å². The Morgan fingerprint density at radius 1 is 1.16 bits per heavy atom. The zero-order valence-electron chi connectivity index (χ0n) is 21.3. The van der Waals surface area contributed by atoms with Crippen molar-refractivity contribution in [1.82, 2.24) is 20.4 Å². The number of nitrogens with zero attached hydrogens (tertiary/aromatic N) is 3. The molecule has 2 amide bonds. The van der Waals surface area contributed by atoms with Gasteiger partial charge in [-0.3, -0.25) is 14.3 Å². The molecule has 1 unspecified atom stereocenters. The second-order valence-electron chi connectivity index (χ2n) is 9.95. The van der Waals surface area contributed by atoms with E-state index in [1.54, 1.807) is 9.58 Å². The van der Waals surface area contributed by atoms with E-state index in [1.165, 1.54) is 0 Å². The molecule has 3 N–H and O–H groups in total. The van der Waals surface area contributed by atoms with Crippen LogP contribution in [0.3, 0.4) is 0 Å². The molecule has 2 aliphatic heterocycles. The lowest BCUT2D eigenvalue weighted by molar-refractivity contribution is -0.128. The van der Waals surface area contributed by atoms with Gasteiger partial charge in [0.15, 0.2) is 5.15 Å². The molecule has 1 atom stereocenters. The van der Waals surface area contributed by atoms with Crippen molar-refractivity contribution in [2.45, 2.75) is 45.2 Å². The minimum absolute atomic E-state index is 0.111. The highest BCUT2D eigenvalue weighted by molar-refractivity contribution is 6.30. The molecule has 0 bridgehead atoms. The number of amides is 2. The maximum atomic E-state index is 14.3. The smallest absolute Gasteiger partial charge is 0.254 e. The van der Waals surface area contributed by atoms with E-state index in [-0.39, 0.29) is 18.4 Å². The van der Waals surface area contributed by atoms with Crippen LogP contribution in [0, 0.1) is 12.8 Å². The lowest BCUT2D eigenvalue weighted by Crippen LogP contribution is -2.43. The maximum Gasteiger partial charge on any atom is 0.254 e. The van der Waals surface area contributed by atoms with Gasteiger partial charge in [-0.05, 0) is 62.9 Å². The van der Waals surface area contributed by atoms with Crippen molar-refractivity contribution in [3.05, 3.63) is 70.4 Å². The number of piperidine rings is 1. The van der Waals surface area contributed by atoms with Crippen LogP contribution in [0.5, 0.6) is 0 Å². The summed E-state index contributed by atoms with van der Waals surface area (Å²) in [7, 11) is 1.82. The second-order valence-corrected chi connectivity index (χ2v) is 10.3. The first-order valence-corrected chi connectivity index (χ1v) is 13.2. The highest BCUT2D eigenvalue weighted by Gasteiger charge is 2.33. The Morgan fingerprint density at radius 3 is 2.73 bits per heavy atom. The third-order valence-electron chi connectivity index (χ3n) is 7.29. The minimum atomic E-state index is -0.828. The summed E-state index contributed by atoms with van der Waals surface area (Å²) < 4.78 is 1.68. The molecule has 37 heavy (non-hydrogen) atoms. The molecule has 0 radical (unpaired) electrons. The Labute approximate surface area is 222 Å². The Morgan fingerprint density at radius 2 is 1.95 bits per heavy atom. The van der Waals surface area contributed by atoms with Crippen molar-refractivity contribution in [2.24, 2.45) is 13.0 Å². The largest absolute Gasteiger partial charge is 0.341 e. The molecule has 3 aromatic rings. The molecule has 3 heterocycles. The lowest BCUT2D eigenvalue weighted by Gasteiger charge is -2.29. The van der Waals surface area contributed by atoms with Crippen LogP contribution < -0.4 is 20.9 Å². The summed E-state index contributed by atoms with van der Waals surface area (Å²) in [6.45, 7) is 4.21. The minimum Gasteiger partial charge on any atom is -0.341 e. The zero-order chi connectivity index (χ0) is 25.9. The summed E-state index contributed by atoms with van der Waals surface area (Å²) in [6.07, 6.45) is 3.39. The number of halogens is 1. The van der Waals surface area contributed by atoms with Crippen molar-refractivity contribution < 1.29 is 9.59 Å². The van der Waals surface area contributed by atoms with Gasteiger partial charge in [0.2, 0.25) is 5.91 Å². The van der Waals surface area contributed by atoms with Gasteiger partial charge in [0, 0.05) is 13.5 Å². The Hall–Kier alpha value is -3.36. The van der Waals surface area contributed by atoms with Crippen molar-refractivity contribution in [3.8, 4) is 0 Å². The predicted octanol–water partition coefficient (Wildman–Crippen LogP) is 4.61. The standard InChI is InChI=1S/C28H33ClN6O2/c1-18-6-5-7-20(16-18)25(32-24(36)11-10-19-12-14-30-15-13-19)28(37)35-17-21-26(29)33-34(2)27(21)31-22-8-3-4-9-23(22)35/h3-9,16,19,25,30-31H,10-15,17H2,1-2H3,(H,32,36). The Kier molecular flexibility index (Phi) is 7.48. The summed E-state index contributed by atoms with van der Waals surface area (Å²) in [6, 6.07) is 14.6. The van der Waals surface area contributed by atoms with Crippen molar-refractivity contribution in [3.63, 3.8) is 0 Å². The third-order valence-corrected chi connectivity index (χ3v) is 7.60. The molecule has 1 fully saturated rings. The number of para-hydroxylation sites is 2. The number of rotatable bonds is 6. The number of nitrogens with one attached hydrogen (secondary N) is 3. The SMILES string of the molecule is Cc1cccc(C(NC(=O)CCC2CCNCC2)C(=O)N2Cc3c(Cl)nn(C)c3Nc3ccccc32)c1. The predicted molar refractivity (Wildman–Crippen MR) is 146 cm³/mol. The maximum absolute atomic E-state index is 14.3. The Balaban J connectivity index is 1.45. The highest BCUT2D eigenvalue weighted by atomic mass is 35.5. The summed E-state index contributed by atoms with van der Waals surface area (Å²) in [5.41, 5.74) is 4.01. The number of hydrogen-bond acceptors (Lipinski definition) is 5. The number of fused-ring (bicyclic) bond motifs is 2. The van der Waals surface area contributed by atoms with E-state index in [9.17, 15) is 9.59 Å². The number of hydrogen-bond donors (Lipinski definition) is 3. The molecular formula is C28H33ClN6O2. The van der Waals surface area contributed by atoms with E-state index < -0.39 is 6.04 Å². The molecule has 2 aliphatic rings. The van der Waals surface area contributed by atoms with E-state index in [0.29, 0.717) is 17.5 Å². The van der Waals surface area contributed by atoms with E-state index in [2.05, 4.69) is 21.0 Å². The fourth-order valence-electron chi connectivity index (χ4n) is 5.25. The number of carbonyl (C=O) groups is 2. The molecule has 8 nitrogen and oxygen atoms in total. The van der Waals surface area contributed by atoms with Gasteiger partial charge in [0.1, 0.15) is 11.9 Å². The molecule has 194 valence electrons. The van der Waals surface area contributed by atoms with E-state index in [4.69, 9.17) is 11.6 Å². The molecular weight excluding hydrogens is 488 g/mol. The second kappa shape index (κ2) is 10.9. The van der Waals surface area contributed by atoms with Crippen LogP contribution in [0.1, 0.15) is 48.4 Å². The quantitative estimate of drug-likeness (QED) is 0.441. The molecule has 2 aromatic carbocycles. The van der Waals surface area contributed by atoms with Crippen LogP contribution in [0.4, 0.5) is 17.2 Å². The third kappa shape index (κ3) is 5.50. The summed E-state index contributed by atoms with van der Waals surface area (Å²) in [4.78, 5) is 29.2. The van der Waals surface area contributed by atoms with E-state index in [0.717, 1.165) is 66.2 Å². The van der Waals surface area contributed by atoms with Crippen LogP contribution in [0.15, 0.2) is 48.5 Å². The average molecular weight is 521 g/mol. The van der Waals surface area contributed by atoms with Gasteiger partial charge in [-0.1, -0.05) is 53.6 Å². The van der Waals surface area contributed by atoms with Crippen molar-refractivity contribution in [1.29, 1.82) is 0 Å². The summed E-state index contributed by atoms with van der Waals surface area (Å²) >= 11 is 6.48.